The lowest BCUT2D eigenvalue weighted by Gasteiger charge is -2.25. The summed E-state index contributed by atoms with van der Waals surface area (Å²) in [6, 6.07) is 12.0. The fourth-order valence-corrected chi connectivity index (χ4v) is 4.64. The van der Waals surface area contributed by atoms with Crippen LogP contribution in [0.25, 0.3) is 0 Å². The highest BCUT2D eigenvalue weighted by molar-refractivity contribution is 7.89. The zero-order valence-corrected chi connectivity index (χ0v) is 17.1. The number of ether oxygens (including phenoxy) is 1. The van der Waals surface area contributed by atoms with Crippen LogP contribution < -0.4 is 10.1 Å². The van der Waals surface area contributed by atoms with Crippen molar-refractivity contribution in [3.05, 3.63) is 64.2 Å². The molecule has 2 aromatic rings. The van der Waals surface area contributed by atoms with Gasteiger partial charge in [0.1, 0.15) is 5.75 Å². The van der Waals surface area contributed by atoms with Crippen molar-refractivity contribution in [2.75, 3.05) is 19.7 Å². The van der Waals surface area contributed by atoms with E-state index in [9.17, 15) is 23.3 Å². The predicted octanol–water partition coefficient (Wildman–Crippen LogP) is 2.46. The zero-order valence-electron chi connectivity index (χ0n) is 16.3. The summed E-state index contributed by atoms with van der Waals surface area (Å²) >= 11 is 0. The highest BCUT2D eigenvalue weighted by Gasteiger charge is 2.25. The Morgan fingerprint density at radius 1 is 1.10 bits per heavy atom. The Morgan fingerprint density at radius 2 is 1.80 bits per heavy atom. The third-order valence-electron chi connectivity index (χ3n) is 4.76. The summed E-state index contributed by atoms with van der Waals surface area (Å²) < 4.78 is 32.1. The van der Waals surface area contributed by atoms with Gasteiger partial charge >= 0.3 is 0 Å². The molecule has 1 heterocycles. The third-order valence-corrected chi connectivity index (χ3v) is 6.68. The fourth-order valence-electron chi connectivity index (χ4n) is 3.12. The average Bonchev–Trinajstić information content (AvgIpc) is 2.77. The summed E-state index contributed by atoms with van der Waals surface area (Å²) in [6.45, 7) is 1.01. The van der Waals surface area contributed by atoms with Gasteiger partial charge in [-0.2, -0.15) is 4.31 Å². The molecule has 0 saturated carbocycles. The lowest BCUT2D eigenvalue weighted by Crippen LogP contribution is -2.35. The van der Waals surface area contributed by atoms with Crippen LogP contribution in [0, 0.1) is 10.1 Å². The van der Waals surface area contributed by atoms with Gasteiger partial charge < -0.3 is 10.1 Å². The molecule has 10 heteroatoms. The van der Waals surface area contributed by atoms with Gasteiger partial charge in [0, 0.05) is 25.7 Å². The van der Waals surface area contributed by atoms with Crippen LogP contribution in [0.4, 0.5) is 5.69 Å². The Morgan fingerprint density at radius 3 is 2.47 bits per heavy atom. The smallest absolute Gasteiger partial charge is 0.273 e. The number of sulfonamides is 1. The summed E-state index contributed by atoms with van der Waals surface area (Å²) in [5, 5.41) is 13.4. The summed E-state index contributed by atoms with van der Waals surface area (Å²) in [7, 11) is -3.48. The van der Waals surface area contributed by atoms with Gasteiger partial charge in [-0.05, 0) is 36.6 Å². The second-order valence-electron chi connectivity index (χ2n) is 6.93. The van der Waals surface area contributed by atoms with Gasteiger partial charge in [0.15, 0.2) is 6.61 Å². The van der Waals surface area contributed by atoms with E-state index in [0.717, 1.165) is 24.8 Å². The third kappa shape index (κ3) is 5.55. The van der Waals surface area contributed by atoms with E-state index in [1.807, 2.05) is 0 Å². The van der Waals surface area contributed by atoms with Gasteiger partial charge in [0.2, 0.25) is 10.0 Å². The minimum Gasteiger partial charge on any atom is -0.484 e. The largest absolute Gasteiger partial charge is 0.484 e. The minimum absolute atomic E-state index is 0.118. The first kappa shape index (κ1) is 21.7. The Hall–Kier alpha value is -2.98. The van der Waals surface area contributed by atoms with E-state index < -0.39 is 20.9 Å². The first-order chi connectivity index (χ1) is 14.4. The van der Waals surface area contributed by atoms with Crippen molar-refractivity contribution in [3.8, 4) is 5.75 Å². The number of carbonyl (C=O) groups excluding carboxylic acids is 1. The maximum Gasteiger partial charge on any atom is 0.273 e. The van der Waals surface area contributed by atoms with Crippen LogP contribution in [0.5, 0.6) is 5.75 Å². The topological polar surface area (TPSA) is 119 Å². The van der Waals surface area contributed by atoms with Crippen LogP contribution in [0.2, 0.25) is 0 Å². The molecule has 0 aromatic heterocycles. The maximum absolute atomic E-state index is 12.6. The summed E-state index contributed by atoms with van der Waals surface area (Å²) in [6.07, 6.45) is 2.80. The number of rotatable bonds is 8. The van der Waals surface area contributed by atoms with Gasteiger partial charge in [-0.3, -0.25) is 14.9 Å². The van der Waals surface area contributed by atoms with E-state index in [0.29, 0.717) is 13.1 Å². The molecule has 30 heavy (non-hydrogen) atoms. The number of nitrogens with one attached hydrogen (secondary N) is 1. The molecule has 3 rings (SSSR count). The molecule has 0 bridgehead atoms. The number of piperidine rings is 1. The molecular weight excluding hydrogens is 410 g/mol. The van der Waals surface area contributed by atoms with E-state index in [1.54, 1.807) is 24.3 Å². The minimum atomic E-state index is -3.48. The van der Waals surface area contributed by atoms with Crippen molar-refractivity contribution in [2.45, 2.75) is 30.7 Å². The van der Waals surface area contributed by atoms with Crippen molar-refractivity contribution >= 4 is 21.6 Å². The number of non-ortho nitro benzene ring substituents is 1. The predicted molar refractivity (Wildman–Crippen MR) is 109 cm³/mol. The normalized spacial score (nSPS) is 14.8. The fraction of sp³-hybridized carbons (Fsp3) is 0.350. The van der Waals surface area contributed by atoms with Crippen molar-refractivity contribution in [2.24, 2.45) is 0 Å². The monoisotopic (exact) mass is 433 g/mol. The van der Waals surface area contributed by atoms with Crippen molar-refractivity contribution in [1.82, 2.24) is 9.62 Å². The number of hydrogen-bond donors (Lipinski definition) is 1. The quantitative estimate of drug-likeness (QED) is 0.505. The van der Waals surface area contributed by atoms with Crippen molar-refractivity contribution < 1.29 is 22.9 Å². The molecule has 1 N–H and O–H groups in total. The highest BCUT2D eigenvalue weighted by Crippen LogP contribution is 2.21. The molecule has 0 radical (unpaired) electrons. The van der Waals surface area contributed by atoms with Gasteiger partial charge in [-0.25, -0.2) is 8.42 Å². The molecule has 1 fully saturated rings. The SMILES string of the molecule is O=C(COc1cccc([N+](=O)[O-])c1)NCc1ccc(S(=O)(=O)N2CCCCC2)cc1. The first-order valence-corrected chi connectivity index (χ1v) is 11.0. The standard InChI is InChI=1S/C20H23N3O6S/c24-20(15-29-18-6-4-5-17(13-18)23(25)26)21-14-16-7-9-19(10-8-16)30(27,28)22-11-2-1-3-12-22/h4-10,13H,1-3,11-12,14-15H2,(H,21,24). The van der Waals surface area contributed by atoms with Gasteiger partial charge in [0.25, 0.3) is 11.6 Å². The average molecular weight is 433 g/mol. The van der Waals surface area contributed by atoms with Crippen LogP contribution in [0.15, 0.2) is 53.4 Å². The molecule has 1 aliphatic rings. The van der Waals surface area contributed by atoms with Crippen LogP contribution in [0.3, 0.4) is 0 Å². The molecule has 1 aliphatic heterocycles. The number of nitro groups is 1. The number of carbonyl (C=O) groups is 1. The summed E-state index contributed by atoms with van der Waals surface area (Å²) in [5.41, 5.74) is 0.629. The second kappa shape index (κ2) is 9.68. The van der Waals surface area contributed by atoms with Gasteiger partial charge in [-0.15, -0.1) is 0 Å². The maximum atomic E-state index is 12.6. The number of amides is 1. The van der Waals surface area contributed by atoms with Gasteiger partial charge in [0.05, 0.1) is 15.9 Å². The molecule has 0 aliphatic carbocycles. The number of nitro benzene ring substituents is 1. The van der Waals surface area contributed by atoms with E-state index in [1.165, 1.54) is 28.6 Å². The first-order valence-electron chi connectivity index (χ1n) is 9.59. The lowest BCUT2D eigenvalue weighted by molar-refractivity contribution is -0.384. The second-order valence-corrected chi connectivity index (χ2v) is 8.87. The molecule has 0 atom stereocenters. The zero-order chi connectivity index (χ0) is 21.6. The van der Waals surface area contributed by atoms with E-state index in [-0.39, 0.29) is 29.5 Å². The Kier molecular flexibility index (Phi) is 7.01. The van der Waals surface area contributed by atoms with Crippen LogP contribution in [-0.2, 0) is 21.4 Å². The van der Waals surface area contributed by atoms with Crippen LogP contribution >= 0.6 is 0 Å². The molecule has 2 aromatic carbocycles. The molecule has 1 amide bonds. The highest BCUT2D eigenvalue weighted by atomic mass is 32.2. The molecule has 0 spiro atoms. The van der Waals surface area contributed by atoms with E-state index in [2.05, 4.69) is 5.32 Å². The van der Waals surface area contributed by atoms with Gasteiger partial charge in [-0.1, -0.05) is 24.6 Å². The Balaban J connectivity index is 1.50. The molecular formula is C20H23N3O6S. The molecule has 1 saturated heterocycles. The molecule has 9 nitrogen and oxygen atoms in total. The van der Waals surface area contributed by atoms with E-state index in [4.69, 9.17) is 4.74 Å². The van der Waals surface area contributed by atoms with Crippen LogP contribution in [-0.4, -0.2) is 43.2 Å². The Bertz CT molecular complexity index is 1000. The lowest BCUT2D eigenvalue weighted by atomic mass is 10.2. The summed E-state index contributed by atoms with van der Waals surface area (Å²) in [5.74, 6) is -0.168. The van der Waals surface area contributed by atoms with Crippen molar-refractivity contribution in [1.29, 1.82) is 0 Å². The molecule has 160 valence electrons. The van der Waals surface area contributed by atoms with Crippen molar-refractivity contribution in [3.63, 3.8) is 0 Å². The Labute approximate surface area is 174 Å². The number of hydrogen-bond acceptors (Lipinski definition) is 6. The number of nitrogens with zero attached hydrogens (tertiary/aromatic N) is 2. The van der Waals surface area contributed by atoms with Crippen LogP contribution in [0.1, 0.15) is 24.8 Å². The summed E-state index contributed by atoms with van der Waals surface area (Å²) in [4.78, 5) is 22.4. The number of benzene rings is 2. The van der Waals surface area contributed by atoms with E-state index >= 15 is 0 Å². The molecule has 0 unspecified atom stereocenters.